The molecule has 0 radical (unpaired) electrons. The van der Waals surface area contributed by atoms with Crippen molar-refractivity contribution in [1.29, 1.82) is 0 Å². The Morgan fingerprint density at radius 1 is 1.24 bits per heavy atom. The molecule has 1 amide bonds. The number of anilines is 1. The standard InChI is InChI=1S/C18H23N5O2/c1-13-5-4-10-23(12-13)18(24)17-20-16(21-25-17)14-6-7-19-15(11-14)22-8-2-3-9-22/h6-7,11,13H,2-5,8-10,12H2,1H3. The first-order valence-electron chi connectivity index (χ1n) is 9.05. The third-order valence-corrected chi connectivity index (χ3v) is 4.99. The summed E-state index contributed by atoms with van der Waals surface area (Å²) in [6.07, 6.45) is 6.34. The van der Waals surface area contributed by atoms with Gasteiger partial charge in [-0.15, -0.1) is 0 Å². The quantitative estimate of drug-likeness (QED) is 0.854. The van der Waals surface area contributed by atoms with E-state index in [4.69, 9.17) is 4.52 Å². The van der Waals surface area contributed by atoms with E-state index in [2.05, 4.69) is 26.9 Å². The molecule has 7 heteroatoms. The Labute approximate surface area is 147 Å². The minimum Gasteiger partial charge on any atom is -0.357 e. The van der Waals surface area contributed by atoms with Gasteiger partial charge in [-0.2, -0.15) is 4.98 Å². The fraction of sp³-hybridized carbons (Fsp3) is 0.556. The molecule has 0 aromatic carbocycles. The van der Waals surface area contributed by atoms with Crippen molar-refractivity contribution in [1.82, 2.24) is 20.0 Å². The lowest BCUT2D eigenvalue weighted by molar-refractivity contribution is 0.0633. The van der Waals surface area contributed by atoms with E-state index in [-0.39, 0.29) is 11.8 Å². The molecule has 132 valence electrons. The van der Waals surface area contributed by atoms with Gasteiger partial charge >= 0.3 is 11.8 Å². The summed E-state index contributed by atoms with van der Waals surface area (Å²) in [7, 11) is 0. The van der Waals surface area contributed by atoms with Gasteiger partial charge in [0.05, 0.1) is 0 Å². The molecular weight excluding hydrogens is 318 g/mol. The molecule has 25 heavy (non-hydrogen) atoms. The molecule has 2 fully saturated rings. The van der Waals surface area contributed by atoms with Crippen LogP contribution in [0.15, 0.2) is 22.9 Å². The highest BCUT2D eigenvalue weighted by atomic mass is 16.5. The van der Waals surface area contributed by atoms with Crippen molar-refractivity contribution in [2.45, 2.75) is 32.6 Å². The summed E-state index contributed by atoms with van der Waals surface area (Å²) in [5.41, 5.74) is 0.826. The topological polar surface area (TPSA) is 75.4 Å². The van der Waals surface area contributed by atoms with E-state index in [1.807, 2.05) is 17.0 Å². The number of pyridine rings is 1. The highest BCUT2D eigenvalue weighted by Gasteiger charge is 2.26. The molecule has 1 atom stereocenters. The third kappa shape index (κ3) is 3.36. The first-order valence-corrected chi connectivity index (χ1v) is 9.05. The maximum atomic E-state index is 12.6. The van der Waals surface area contributed by atoms with Gasteiger partial charge in [0.1, 0.15) is 5.82 Å². The van der Waals surface area contributed by atoms with Gasteiger partial charge in [0.2, 0.25) is 5.82 Å². The molecule has 2 aromatic rings. The summed E-state index contributed by atoms with van der Waals surface area (Å²) in [6.45, 7) is 5.73. The first kappa shape index (κ1) is 16.1. The van der Waals surface area contributed by atoms with Crippen molar-refractivity contribution >= 4 is 11.7 Å². The Bertz CT molecular complexity index is 753. The van der Waals surface area contributed by atoms with Crippen molar-refractivity contribution in [3.8, 4) is 11.4 Å². The second kappa shape index (κ2) is 6.82. The zero-order valence-corrected chi connectivity index (χ0v) is 14.5. The predicted molar refractivity (Wildman–Crippen MR) is 93.3 cm³/mol. The van der Waals surface area contributed by atoms with Gasteiger partial charge in [0, 0.05) is 37.9 Å². The molecule has 2 aliphatic rings. The van der Waals surface area contributed by atoms with E-state index >= 15 is 0 Å². The van der Waals surface area contributed by atoms with E-state index in [9.17, 15) is 4.79 Å². The predicted octanol–water partition coefficient (Wildman–Crippen LogP) is 2.60. The number of hydrogen-bond acceptors (Lipinski definition) is 6. The zero-order chi connectivity index (χ0) is 17.2. The monoisotopic (exact) mass is 341 g/mol. The maximum Gasteiger partial charge on any atom is 0.316 e. The summed E-state index contributed by atoms with van der Waals surface area (Å²) >= 11 is 0. The zero-order valence-electron chi connectivity index (χ0n) is 14.5. The van der Waals surface area contributed by atoms with Crippen LogP contribution in [-0.4, -0.2) is 52.1 Å². The number of hydrogen-bond donors (Lipinski definition) is 0. The molecular formula is C18H23N5O2. The molecule has 0 aliphatic carbocycles. The van der Waals surface area contributed by atoms with Gasteiger partial charge in [-0.25, -0.2) is 4.98 Å². The Balaban J connectivity index is 1.53. The van der Waals surface area contributed by atoms with Crippen LogP contribution in [-0.2, 0) is 0 Å². The van der Waals surface area contributed by atoms with E-state index in [1.165, 1.54) is 12.8 Å². The number of carbonyl (C=O) groups is 1. The number of amides is 1. The lowest BCUT2D eigenvalue weighted by Gasteiger charge is -2.29. The lowest BCUT2D eigenvalue weighted by atomic mass is 10.0. The van der Waals surface area contributed by atoms with Crippen LogP contribution in [0.2, 0.25) is 0 Å². The summed E-state index contributed by atoms with van der Waals surface area (Å²) in [6, 6.07) is 3.81. The average molecular weight is 341 g/mol. The molecule has 0 N–H and O–H groups in total. The largest absolute Gasteiger partial charge is 0.357 e. The second-order valence-corrected chi connectivity index (χ2v) is 7.02. The number of rotatable bonds is 3. The Kier molecular flexibility index (Phi) is 4.38. The van der Waals surface area contributed by atoms with Crippen LogP contribution in [0.3, 0.4) is 0 Å². The summed E-state index contributed by atoms with van der Waals surface area (Å²) in [4.78, 5) is 25.4. The third-order valence-electron chi connectivity index (χ3n) is 4.99. The molecule has 4 heterocycles. The van der Waals surface area contributed by atoms with E-state index in [0.29, 0.717) is 11.7 Å². The van der Waals surface area contributed by atoms with Gasteiger partial charge < -0.3 is 14.3 Å². The minimum absolute atomic E-state index is 0.0728. The fourth-order valence-corrected chi connectivity index (χ4v) is 3.61. The van der Waals surface area contributed by atoms with Gasteiger partial charge in [0.25, 0.3) is 0 Å². The Morgan fingerprint density at radius 2 is 2.08 bits per heavy atom. The van der Waals surface area contributed by atoms with Crippen LogP contribution in [0, 0.1) is 5.92 Å². The number of piperidine rings is 1. The Morgan fingerprint density at radius 3 is 2.88 bits per heavy atom. The van der Waals surface area contributed by atoms with E-state index < -0.39 is 0 Å². The highest BCUT2D eigenvalue weighted by Crippen LogP contribution is 2.24. The average Bonchev–Trinajstić information content (AvgIpc) is 3.33. The van der Waals surface area contributed by atoms with Crippen molar-refractivity contribution in [3.05, 3.63) is 24.2 Å². The van der Waals surface area contributed by atoms with Crippen LogP contribution in [0.5, 0.6) is 0 Å². The number of aromatic nitrogens is 3. The molecule has 0 saturated carbocycles. The van der Waals surface area contributed by atoms with Crippen molar-refractivity contribution in [2.24, 2.45) is 5.92 Å². The SMILES string of the molecule is CC1CCCN(C(=O)c2nc(-c3ccnc(N4CCCC4)c3)no2)C1. The molecule has 1 unspecified atom stereocenters. The lowest BCUT2D eigenvalue weighted by Crippen LogP contribution is -2.39. The van der Waals surface area contributed by atoms with Crippen LogP contribution >= 0.6 is 0 Å². The van der Waals surface area contributed by atoms with Gasteiger partial charge in [0.15, 0.2) is 0 Å². The van der Waals surface area contributed by atoms with E-state index in [0.717, 1.165) is 50.4 Å². The number of carbonyl (C=O) groups excluding carboxylic acids is 1. The summed E-state index contributed by atoms with van der Waals surface area (Å²) in [5, 5.41) is 4.01. The van der Waals surface area contributed by atoms with Crippen LogP contribution < -0.4 is 4.90 Å². The normalized spacial score (nSPS) is 20.9. The smallest absolute Gasteiger partial charge is 0.316 e. The van der Waals surface area contributed by atoms with Crippen molar-refractivity contribution < 1.29 is 9.32 Å². The molecule has 2 aliphatic heterocycles. The number of nitrogens with zero attached hydrogens (tertiary/aromatic N) is 5. The molecule has 7 nitrogen and oxygen atoms in total. The second-order valence-electron chi connectivity index (χ2n) is 7.02. The molecule has 2 aromatic heterocycles. The molecule has 0 bridgehead atoms. The van der Waals surface area contributed by atoms with Crippen molar-refractivity contribution in [2.75, 3.05) is 31.1 Å². The van der Waals surface area contributed by atoms with Gasteiger partial charge in [-0.05, 0) is 43.7 Å². The van der Waals surface area contributed by atoms with E-state index in [1.54, 1.807) is 6.20 Å². The molecule has 0 spiro atoms. The first-order chi connectivity index (χ1) is 12.2. The summed E-state index contributed by atoms with van der Waals surface area (Å²) < 4.78 is 5.25. The van der Waals surface area contributed by atoms with Gasteiger partial charge in [-0.3, -0.25) is 4.79 Å². The highest BCUT2D eigenvalue weighted by molar-refractivity contribution is 5.90. The summed E-state index contributed by atoms with van der Waals surface area (Å²) in [5.74, 6) is 1.79. The van der Waals surface area contributed by atoms with Gasteiger partial charge in [-0.1, -0.05) is 12.1 Å². The maximum absolute atomic E-state index is 12.6. The molecule has 4 rings (SSSR count). The molecule has 2 saturated heterocycles. The van der Waals surface area contributed by atoms with Crippen molar-refractivity contribution in [3.63, 3.8) is 0 Å². The van der Waals surface area contributed by atoms with Crippen LogP contribution in [0.4, 0.5) is 5.82 Å². The Hall–Kier alpha value is -2.44. The van der Waals surface area contributed by atoms with Crippen LogP contribution in [0.25, 0.3) is 11.4 Å². The number of likely N-dealkylation sites (tertiary alicyclic amines) is 1. The minimum atomic E-state index is -0.167. The fourth-order valence-electron chi connectivity index (χ4n) is 3.61. The van der Waals surface area contributed by atoms with Crippen LogP contribution in [0.1, 0.15) is 43.3 Å².